The SMILES string of the molecule is CCOC(=O)c1cc(Cl)c(NC=C(C#N)C#N)c([N+](=O)[O-])c1. The van der Waals surface area contributed by atoms with Crippen molar-refractivity contribution in [2.75, 3.05) is 11.9 Å². The van der Waals surface area contributed by atoms with E-state index in [9.17, 15) is 14.9 Å². The smallest absolute Gasteiger partial charge is 0.338 e. The Morgan fingerprint density at radius 3 is 2.64 bits per heavy atom. The summed E-state index contributed by atoms with van der Waals surface area (Å²) in [6.45, 7) is 1.71. The van der Waals surface area contributed by atoms with Gasteiger partial charge in [-0.1, -0.05) is 11.6 Å². The minimum absolute atomic E-state index is 0.0751. The van der Waals surface area contributed by atoms with Crippen molar-refractivity contribution in [1.82, 2.24) is 0 Å². The van der Waals surface area contributed by atoms with E-state index in [1.165, 1.54) is 6.07 Å². The summed E-state index contributed by atoms with van der Waals surface area (Å²) in [4.78, 5) is 22.0. The molecule has 1 aromatic carbocycles. The lowest BCUT2D eigenvalue weighted by Crippen LogP contribution is -2.07. The number of hydrogen-bond donors (Lipinski definition) is 1. The Morgan fingerprint density at radius 1 is 1.50 bits per heavy atom. The number of ether oxygens (including phenoxy) is 1. The molecule has 0 aliphatic heterocycles. The number of nitriles is 2. The van der Waals surface area contributed by atoms with Crippen LogP contribution in [0.1, 0.15) is 17.3 Å². The predicted octanol–water partition coefficient (Wildman–Crippen LogP) is 2.77. The Morgan fingerprint density at radius 2 is 2.14 bits per heavy atom. The lowest BCUT2D eigenvalue weighted by molar-refractivity contribution is -0.383. The normalized spacial score (nSPS) is 9.09. The number of allylic oxidation sites excluding steroid dienone is 1. The second kappa shape index (κ2) is 7.62. The largest absolute Gasteiger partial charge is 0.462 e. The molecule has 0 aliphatic carbocycles. The summed E-state index contributed by atoms with van der Waals surface area (Å²) < 4.78 is 4.75. The van der Waals surface area contributed by atoms with Gasteiger partial charge in [0.15, 0.2) is 0 Å². The molecule has 0 spiro atoms. The third-order valence-corrected chi connectivity index (χ3v) is 2.68. The molecule has 8 nitrogen and oxygen atoms in total. The summed E-state index contributed by atoms with van der Waals surface area (Å²) in [5, 5.41) is 30.6. The Bertz CT molecular complexity index is 715. The van der Waals surface area contributed by atoms with Crippen LogP contribution in [0.4, 0.5) is 11.4 Å². The van der Waals surface area contributed by atoms with Gasteiger partial charge >= 0.3 is 5.97 Å². The van der Waals surface area contributed by atoms with Crippen LogP contribution in [0, 0.1) is 32.8 Å². The number of halogens is 1. The average molecular weight is 321 g/mol. The Hall–Kier alpha value is -3.10. The van der Waals surface area contributed by atoms with E-state index in [0.717, 1.165) is 12.3 Å². The summed E-state index contributed by atoms with van der Waals surface area (Å²) in [5.74, 6) is -0.746. The quantitative estimate of drug-likeness (QED) is 0.382. The van der Waals surface area contributed by atoms with Crippen molar-refractivity contribution in [2.45, 2.75) is 6.92 Å². The zero-order valence-corrected chi connectivity index (χ0v) is 12.0. The van der Waals surface area contributed by atoms with Crippen molar-refractivity contribution in [3.05, 3.63) is 44.6 Å². The van der Waals surface area contributed by atoms with Gasteiger partial charge in [0.2, 0.25) is 0 Å². The molecule has 1 rings (SSSR count). The number of nitro groups is 1. The molecule has 0 aliphatic rings. The second-order valence-electron chi connectivity index (χ2n) is 3.76. The van der Waals surface area contributed by atoms with E-state index in [-0.39, 0.29) is 28.5 Å². The van der Waals surface area contributed by atoms with E-state index >= 15 is 0 Å². The highest BCUT2D eigenvalue weighted by atomic mass is 35.5. The molecule has 0 fully saturated rings. The molecule has 0 unspecified atom stereocenters. The van der Waals surface area contributed by atoms with Crippen molar-refractivity contribution >= 4 is 28.9 Å². The number of rotatable bonds is 5. The molecule has 22 heavy (non-hydrogen) atoms. The molecule has 0 amide bonds. The molecule has 1 N–H and O–H groups in total. The highest BCUT2D eigenvalue weighted by Gasteiger charge is 2.21. The molecule has 112 valence electrons. The first-order chi connectivity index (χ1) is 10.4. The molecule has 0 heterocycles. The van der Waals surface area contributed by atoms with Crippen LogP contribution < -0.4 is 5.32 Å². The summed E-state index contributed by atoms with van der Waals surface area (Å²) in [6, 6.07) is 5.37. The summed E-state index contributed by atoms with van der Waals surface area (Å²) >= 11 is 5.92. The van der Waals surface area contributed by atoms with E-state index in [1.54, 1.807) is 19.1 Å². The maximum atomic E-state index is 11.6. The number of esters is 1. The maximum absolute atomic E-state index is 11.6. The Labute approximate surface area is 130 Å². The summed E-state index contributed by atoms with van der Waals surface area (Å²) in [7, 11) is 0. The molecular formula is C13H9ClN4O4. The minimum Gasteiger partial charge on any atom is -0.462 e. The molecular weight excluding hydrogens is 312 g/mol. The first kappa shape index (κ1) is 17.0. The Kier molecular flexibility index (Phi) is 5.87. The predicted molar refractivity (Wildman–Crippen MR) is 77.0 cm³/mol. The molecule has 0 bridgehead atoms. The molecule has 9 heteroatoms. The molecule has 1 aromatic rings. The standard InChI is InChI=1S/C13H9ClN4O4/c1-2-22-13(19)9-3-10(14)12(11(4-9)18(20)21)17-7-8(5-15)6-16/h3-4,7,17H,2H2,1H3. The van der Waals surface area contributed by atoms with E-state index in [1.807, 2.05) is 0 Å². The first-order valence-electron chi connectivity index (χ1n) is 5.86. The molecule has 0 saturated heterocycles. The van der Waals surface area contributed by atoms with Crippen LogP contribution in [0.15, 0.2) is 23.9 Å². The highest BCUT2D eigenvalue weighted by molar-refractivity contribution is 6.34. The fraction of sp³-hybridized carbons (Fsp3) is 0.154. The van der Waals surface area contributed by atoms with E-state index < -0.39 is 16.6 Å². The zero-order valence-electron chi connectivity index (χ0n) is 11.3. The molecule has 0 saturated carbocycles. The lowest BCUT2D eigenvalue weighted by atomic mass is 10.1. The number of anilines is 1. The van der Waals surface area contributed by atoms with Gasteiger partial charge in [-0.25, -0.2) is 4.79 Å². The number of hydrogen-bond acceptors (Lipinski definition) is 7. The van der Waals surface area contributed by atoms with Gasteiger partial charge in [-0.15, -0.1) is 0 Å². The monoisotopic (exact) mass is 320 g/mol. The van der Waals surface area contributed by atoms with Gasteiger partial charge in [-0.2, -0.15) is 10.5 Å². The number of benzene rings is 1. The van der Waals surface area contributed by atoms with Crippen molar-refractivity contribution < 1.29 is 14.5 Å². The van der Waals surface area contributed by atoms with Crippen molar-refractivity contribution in [2.24, 2.45) is 0 Å². The molecule has 0 atom stereocenters. The van der Waals surface area contributed by atoms with Crippen LogP contribution in [0.2, 0.25) is 5.02 Å². The molecule has 0 radical (unpaired) electrons. The summed E-state index contributed by atoms with van der Waals surface area (Å²) in [5.41, 5.74) is -0.988. The van der Waals surface area contributed by atoms with Crippen LogP contribution in [0.25, 0.3) is 0 Å². The van der Waals surface area contributed by atoms with E-state index in [2.05, 4.69) is 5.32 Å². The van der Waals surface area contributed by atoms with Gasteiger partial charge in [0.25, 0.3) is 5.69 Å². The van der Waals surface area contributed by atoms with Crippen LogP contribution in [0.3, 0.4) is 0 Å². The van der Waals surface area contributed by atoms with Crippen LogP contribution >= 0.6 is 11.6 Å². The van der Waals surface area contributed by atoms with Gasteiger partial charge in [0, 0.05) is 12.3 Å². The van der Waals surface area contributed by atoms with Crippen molar-refractivity contribution in [3.63, 3.8) is 0 Å². The van der Waals surface area contributed by atoms with Crippen LogP contribution in [0.5, 0.6) is 0 Å². The maximum Gasteiger partial charge on any atom is 0.338 e. The summed E-state index contributed by atoms with van der Waals surface area (Å²) in [6.07, 6.45) is 0.984. The number of nitrogens with zero attached hydrogens (tertiary/aromatic N) is 3. The number of carbonyl (C=O) groups excluding carboxylic acids is 1. The van der Waals surface area contributed by atoms with Gasteiger partial charge in [-0.05, 0) is 13.0 Å². The van der Waals surface area contributed by atoms with Gasteiger partial charge in [0.05, 0.1) is 22.1 Å². The highest BCUT2D eigenvalue weighted by Crippen LogP contribution is 2.34. The van der Waals surface area contributed by atoms with E-state index in [0.29, 0.717) is 0 Å². The molecule has 0 aromatic heterocycles. The lowest BCUT2D eigenvalue weighted by Gasteiger charge is -2.08. The average Bonchev–Trinajstić information content (AvgIpc) is 2.49. The number of nitrogens with one attached hydrogen (secondary N) is 1. The topological polar surface area (TPSA) is 129 Å². The number of carbonyl (C=O) groups is 1. The van der Waals surface area contributed by atoms with Crippen molar-refractivity contribution in [3.8, 4) is 12.1 Å². The minimum atomic E-state index is -0.747. The van der Waals surface area contributed by atoms with Crippen LogP contribution in [-0.2, 0) is 4.74 Å². The fourth-order valence-electron chi connectivity index (χ4n) is 1.45. The number of nitro benzene ring substituents is 1. The van der Waals surface area contributed by atoms with Gasteiger partial charge in [-0.3, -0.25) is 10.1 Å². The third kappa shape index (κ3) is 3.95. The van der Waals surface area contributed by atoms with E-state index in [4.69, 9.17) is 26.9 Å². The fourth-order valence-corrected chi connectivity index (χ4v) is 1.71. The van der Waals surface area contributed by atoms with Gasteiger partial charge < -0.3 is 10.1 Å². The second-order valence-corrected chi connectivity index (χ2v) is 4.16. The Balaban J connectivity index is 3.32. The zero-order chi connectivity index (χ0) is 16.7. The first-order valence-corrected chi connectivity index (χ1v) is 6.24. The van der Waals surface area contributed by atoms with Crippen molar-refractivity contribution in [1.29, 1.82) is 10.5 Å². The van der Waals surface area contributed by atoms with Gasteiger partial charge in [0.1, 0.15) is 23.4 Å². The third-order valence-electron chi connectivity index (χ3n) is 2.38. The van der Waals surface area contributed by atoms with Crippen LogP contribution in [-0.4, -0.2) is 17.5 Å².